The van der Waals surface area contributed by atoms with Gasteiger partial charge < -0.3 is 19.5 Å². The minimum atomic E-state index is -3.90. The molecule has 0 spiro atoms. The van der Waals surface area contributed by atoms with Gasteiger partial charge in [-0.3, -0.25) is 9.52 Å². The quantitative estimate of drug-likeness (QED) is 0.542. The minimum Gasteiger partial charge on any atom is -0.496 e. The van der Waals surface area contributed by atoms with Gasteiger partial charge in [-0.1, -0.05) is 24.3 Å². The maximum Gasteiger partial charge on any atom is 0.261 e. The number of carbonyl (C=O) groups is 1. The normalized spacial score (nSPS) is 12.3. The van der Waals surface area contributed by atoms with Gasteiger partial charge in [0, 0.05) is 18.2 Å². The number of hydrogen-bond donors (Lipinski definition) is 2. The van der Waals surface area contributed by atoms with E-state index >= 15 is 0 Å². The van der Waals surface area contributed by atoms with E-state index in [0.717, 1.165) is 11.3 Å². The van der Waals surface area contributed by atoms with Crippen LogP contribution in [0.3, 0.4) is 0 Å². The Hall–Kier alpha value is -3.72. The predicted molar refractivity (Wildman–Crippen MR) is 119 cm³/mol. The molecule has 0 saturated carbocycles. The fraction of sp³-hybridized carbons (Fsp3) is 0.174. The summed E-state index contributed by atoms with van der Waals surface area (Å²) in [6, 6.07) is 18.2. The molecule has 3 aromatic carbocycles. The summed E-state index contributed by atoms with van der Waals surface area (Å²) < 4.78 is 44.0. The topological polar surface area (TPSA) is 103 Å². The number of fused-ring (bicyclic) bond motifs is 1. The van der Waals surface area contributed by atoms with Crippen molar-refractivity contribution in [2.24, 2.45) is 0 Å². The smallest absolute Gasteiger partial charge is 0.261 e. The second-order valence-electron chi connectivity index (χ2n) is 7.02. The molecule has 2 N–H and O–H groups in total. The van der Waals surface area contributed by atoms with Crippen LogP contribution in [0.1, 0.15) is 15.9 Å². The lowest BCUT2D eigenvalue weighted by Crippen LogP contribution is -2.26. The van der Waals surface area contributed by atoms with Crippen LogP contribution < -0.4 is 24.2 Å². The van der Waals surface area contributed by atoms with Gasteiger partial charge in [-0.25, -0.2) is 8.42 Å². The Morgan fingerprint density at radius 2 is 1.81 bits per heavy atom. The molecule has 0 aliphatic carbocycles. The Kier molecular flexibility index (Phi) is 6.18. The van der Waals surface area contributed by atoms with Gasteiger partial charge in [0.2, 0.25) is 6.79 Å². The number of carbonyl (C=O) groups excluding carboxylic acids is 1. The van der Waals surface area contributed by atoms with E-state index in [9.17, 15) is 13.2 Å². The first-order valence-corrected chi connectivity index (χ1v) is 11.4. The Labute approximate surface area is 186 Å². The summed E-state index contributed by atoms with van der Waals surface area (Å²) in [7, 11) is -2.30. The summed E-state index contributed by atoms with van der Waals surface area (Å²) in [5, 5.41) is 2.82. The van der Waals surface area contributed by atoms with E-state index in [1.165, 1.54) is 18.2 Å². The van der Waals surface area contributed by atoms with Crippen LogP contribution in [0.15, 0.2) is 71.6 Å². The highest BCUT2D eigenvalue weighted by atomic mass is 32.2. The fourth-order valence-corrected chi connectivity index (χ4v) is 4.40. The van der Waals surface area contributed by atoms with Crippen molar-refractivity contribution in [2.45, 2.75) is 11.3 Å². The lowest BCUT2D eigenvalue weighted by molar-refractivity contribution is 0.0954. The Morgan fingerprint density at radius 1 is 1.00 bits per heavy atom. The van der Waals surface area contributed by atoms with Crippen LogP contribution in [0, 0.1) is 0 Å². The molecule has 0 atom stereocenters. The summed E-state index contributed by atoms with van der Waals surface area (Å²) >= 11 is 0. The van der Waals surface area contributed by atoms with Crippen LogP contribution in [0.25, 0.3) is 0 Å². The molecule has 8 nitrogen and oxygen atoms in total. The van der Waals surface area contributed by atoms with E-state index in [0.29, 0.717) is 30.2 Å². The number of anilines is 1. The predicted octanol–water partition coefficient (Wildman–Crippen LogP) is 3.20. The number of sulfonamides is 1. The van der Waals surface area contributed by atoms with Crippen LogP contribution >= 0.6 is 0 Å². The lowest BCUT2D eigenvalue weighted by atomic mass is 10.1. The molecule has 1 aliphatic rings. The summed E-state index contributed by atoms with van der Waals surface area (Å²) in [5.74, 6) is 1.41. The standard InChI is InChI=1S/C23H22N2O6S/c1-29-20-8-3-2-5-16(20)11-12-24-23(26)17-6-4-7-19(13-17)32(27,28)25-18-9-10-21-22(14-18)31-15-30-21/h2-10,13-14,25H,11-12,15H2,1H3,(H,24,26). The monoisotopic (exact) mass is 454 g/mol. The van der Waals surface area contributed by atoms with Crippen molar-refractivity contribution in [1.82, 2.24) is 5.32 Å². The molecular formula is C23H22N2O6S. The van der Waals surface area contributed by atoms with Crippen molar-refractivity contribution in [3.05, 3.63) is 77.9 Å². The van der Waals surface area contributed by atoms with E-state index in [-0.39, 0.29) is 23.2 Å². The second kappa shape index (κ2) is 9.19. The van der Waals surface area contributed by atoms with Crippen LogP contribution in [0.4, 0.5) is 5.69 Å². The van der Waals surface area contributed by atoms with Crippen molar-refractivity contribution < 1.29 is 27.4 Å². The van der Waals surface area contributed by atoms with Gasteiger partial charge in [-0.15, -0.1) is 0 Å². The Bertz CT molecular complexity index is 1240. The molecule has 1 amide bonds. The molecule has 32 heavy (non-hydrogen) atoms. The second-order valence-corrected chi connectivity index (χ2v) is 8.70. The van der Waals surface area contributed by atoms with Crippen LogP contribution in [-0.4, -0.2) is 34.8 Å². The zero-order chi connectivity index (χ0) is 22.6. The molecule has 0 saturated heterocycles. The number of ether oxygens (including phenoxy) is 3. The molecule has 4 rings (SSSR count). The highest BCUT2D eigenvalue weighted by Crippen LogP contribution is 2.34. The first-order chi connectivity index (χ1) is 15.5. The number of amides is 1. The average Bonchev–Trinajstić information content (AvgIpc) is 3.27. The van der Waals surface area contributed by atoms with Gasteiger partial charge in [0.05, 0.1) is 17.7 Å². The van der Waals surface area contributed by atoms with E-state index in [1.54, 1.807) is 31.4 Å². The van der Waals surface area contributed by atoms with Gasteiger partial charge in [-0.05, 0) is 48.4 Å². The van der Waals surface area contributed by atoms with Crippen LogP contribution in [0.5, 0.6) is 17.2 Å². The maximum absolute atomic E-state index is 12.8. The molecule has 0 unspecified atom stereocenters. The Morgan fingerprint density at radius 3 is 2.66 bits per heavy atom. The zero-order valence-electron chi connectivity index (χ0n) is 17.3. The van der Waals surface area contributed by atoms with E-state index < -0.39 is 10.0 Å². The zero-order valence-corrected chi connectivity index (χ0v) is 18.1. The third kappa shape index (κ3) is 4.78. The summed E-state index contributed by atoms with van der Waals surface area (Å²) in [4.78, 5) is 12.5. The van der Waals surface area contributed by atoms with Crippen molar-refractivity contribution in [3.8, 4) is 17.2 Å². The molecule has 0 radical (unpaired) electrons. The molecular weight excluding hydrogens is 432 g/mol. The molecule has 0 bridgehead atoms. The highest BCUT2D eigenvalue weighted by Gasteiger charge is 2.19. The SMILES string of the molecule is COc1ccccc1CCNC(=O)c1cccc(S(=O)(=O)Nc2ccc3c(c2)OCO3)c1. The molecule has 3 aromatic rings. The van der Waals surface area contributed by atoms with E-state index in [4.69, 9.17) is 14.2 Å². The molecule has 1 heterocycles. The molecule has 166 valence electrons. The fourth-order valence-electron chi connectivity index (χ4n) is 3.30. The number of nitrogens with one attached hydrogen (secondary N) is 2. The van der Waals surface area contributed by atoms with Crippen molar-refractivity contribution in [1.29, 1.82) is 0 Å². The number of rotatable bonds is 8. The summed E-state index contributed by atoms with van der Waals surface area (Å²) in [6.07, 6.45) is 0.583. The first kappa shape index (κ1) is 21.5. The third-order valence-electron chi connectivity index (χ3n) is 4.90. The maximum atomic E-state index is 12.8. The third-order valence-corrected chi connectivity index (χ3v) is 6.28. The molecule has 1 aliphatic heterocycles. The van der Waals surface area contributed by atoms with Gasteiger partial charge in [0.25, 0.3) is 15.9 Å². The van der Waals surface area contributed by atoms with Gasteiger partial charge >= 0.3 is 0 Å². The molecule has 0 fully saturated rings. The van der Waals surface area contributed by atoms with Gasteiger partial charge in [0.1, 0.15) is 5.75 Å². The van der Waals surface area contributed by atoms with Gasteiger partial charge in [-0.2, -0.15) is 0 Å². The number of para-hydroxylation sites is 1. The number of methoxy groups -OCH3 is 1. The molecule has 9 heteroatoms. The largest absolute Gasteiger partial charge is 0.496 e. The van der Waals surface area contributed by atoms with Crippen molar-refractivity contribution in [3.63, 3.8) is 0 Å². The highest BCUT2D eigenvalue weighted by molar-refractivity contribution is 7.92. The average molecular weight is 455 g/mol. The van der Waals surface area contributed by atoms with Crippen LogP contribution in [0.2, 0.25) is 0 Å². The Balaban J connectivity index is 1.42. The van der Waals surface area contributed by atoms with E-state index in [2.05, 4.69) is 10.0 Å². The van der Waals surface area contributed by atoms with Gasteiger partial charge in [0.15, 0.2) is 11.5 Å². The summed E-state index contributed by atoms with van der Waals surface area (Å²) in [6.45, 7) is 0.478. The van der Waals surface area contributed by atoms with Crippen molar-refractivity contribution in [2.75, 3.05) is 25.2 Å². The van der Waals surface area contributed by atoms with Crippen LogP contribution in [-0.2, 0) is 16.4 Å². The summed E-state index contributed by atoms with van der Waals surface area (Å²) in [5.41, 5.74) is 1.55. The lowest BCUT2D eigenvalue weighted by Gasteiger charge is -2.11. The minimum absolute atomic E-state index is 0.0208. The first-order valence-electron chi connectivity index (χ1n) is 9.89. The van der Waals surface area contributed by atoms with Crippen molar-refractivity contribution >= 4 is 21.6 Å². The van der Waals surface area contributed by atoms with E-state index in [1.807, 2.05) is 24.3 Å². The molecule has 0 aromatic heterocycles. The number of benzene rings is 3. The number of hydrogen-bond acceptors (Lipinski definition) is 6.